The van der Waals surface area contributed by atoms with E-state index in [4.69, 9.17) is 13.7 Å². The lowest BCUT2D eigenvalue weighted by atomic mass is 10.3. The fourth-order valence-electron chi connectivity index (χ4n) is 1.86. The Morgan fingerprint density at radius 1 is 1.00 bits per heavy atom. The Morgan fingerprint density at radius 3 is 2.48 bits per heavy atom. The average molecular weight is 310 g/mol. The van der Waals surface area contributed by atoms with Crippen molar-refractivity contribution in [1.82, 2.24) is 0 Å². The monoisotopic (exact) mass is 310 g/mol. The van der Waals surface area contributed by atoms with Crippen molar-refractivity contribution in [2.24, 2.45) is 0 Å². The van der Waals surface area contributed by atoms with E-state index in [1.807, 2.05) is 0 Å². The molecular weight excluding hydrogens is 299 g/mol. The molecule has 7 heteroatoms. The van der Waals surface area contributed by atoms with E-state index >= 15 is 0 Å². The maximum Gasteiger partial charge on any atom is 0.339 e. The first-order chi connectivity index (χ1) is 10.1. The summed E-state index contributed by atoms with van der Waals surface area (Å²) in [6, 6.07) is 9.39. The van der Waals surface area contributed by atoms with Crippen LogP contribution in [0, 0.1) is 5.82 Å². The number of fused-ring (bicyclic) bond motifs is 1. The molecule has 0 spiro atoms. The molecule has 0 amide bonds. The summed E-state index contributed by atoms with van der Waals surface area (Å²) in [4.78, 5) is -0.130. The van der Waals surface area contributed by atoms with Crippen LogP contribution in [-0.4, -0.2) is 21.6 Å². The normalized spacial score (nSPS) is 13.8. The average Bonchev–Trinajstić information content (AvgIpc) is 2.49. The van der Waals surface area contributed by atoms with E-state index in [0.717, 1.165) is 6.07 Å². The van der Waals surface area contributed by atoms with Crippen molar-refractivity contribution < 1.29 is 26.5 Å². The van der Waals surface area contributed by atoms with Gasteiger partial charge in [0.05, 0.1) is 0 Å². The summed E-state index contributed by atoms with van der Waals surface area (Å²) in [5, 5.41) is 0. The van der Waals surface area contributed by atoms with Crippen LogP contribution in [0.3, 0.4) is 0 Å². The number of hydrogen-bond donors (Lipinski definition) is 0. The fraction of sp³-hybridized carbons (Fsp3) is 0.143. The summed E-state index contributed by atoms with van der Waals surface area (Å²) in [5.74, 6) is -0.323. The van der Waals surface area contributed by atoms with Gasteiger partial charge in [0.25, 0.3) is 0 Å². The van der Waals surface area contributed by atoms with Gasteiger partial charge in [0, 0.05) is 6.07 Å². The zero-order valence-electron chi connectivity index (χ0n) is 10.8. The predicted molar refractivity (Wildman–Crippen MR) is 71.6 cm³/mol. The van der Waals surface area contributed by atoms with E-state index in [2.05, 4.69) is 0 Å². The second-order valence-electron chi connectivity index (χ2n) is 4.27. The first kappa shape index (κ1) is 13.7. The van der Waals surface area contributed by atoms with Crippen LogP contribution in [0.1, 0.15) is 0 Å². The third-order valence-electron chi connectivity index (χ3n) is 2.84. The molecule has 21 heavy (non-hydrogen) atoms. The van der Waals surface area contributed by atoms with E-state index in [1.165, 1.54) is 36.4 Å². The van der Waals surface area contributed by atoms with Crippen molar-refractivity contribution in [2.75, 3.05) is 13.2 Å². The minimum absolute atomic E-state index is 0.130. The quantitative estimate of drug-likeness (QED) is 0.815. The molecule has 2 aromatic carbocycles. The molecule has 2 aromatic rings. The lowest BCUT2D eigenvalue weighted by Gasteiger charge is -2.18. The Kier molecular flexibility index (Phi) is 3.42. The zero-order chi connectivity index (χ0) is 14.9. The molecule has 0 fully saturated rings. The van der Waals surface area contributed by atoms with E-state index < -0.39 is 15.9 Å². The van der Waals surface area contributed by atoms with Crippen molar-refractivity contribution >= 4 is 10.1 Å². The summed E-state index contributed by atoms with van der Waals surface area (Å²) in [6.07, 6.45) is 0. The highest BCUT2D eigenvalue weighted by Gasteiger charge is 2.22. The molecule has 1 aliphatic rings. The maximum absolute atomic E-state index is 13.5. The molecule has 0 radical (unpaired) electrons. The van der Waals surface area contributed by atoms with E-state index in [-0.39, 0.29) is 10.6 Å². The highest BCUT2D eigenvalue weighted by Crippen LogP contribution is 2.33. The topological polar surface area (TPSA) is 61.8 Å². The Bertz CT molecular complexity index is 773. The summed E-state index contributed by atoms with van der Waals surface area (Å²) in [5.41, 5.74) is 0. The van der Waals surface area contributed by atoms with Crippen LogP contribution in [0.5, 0.6) is 17.2 Å². The third-order valence-corrected chi connectivity index (χ3v) is 4.07. The smallest absolute Gasteiger partial charge is 0.339 e. The van der Waals surface area contributed by atoms with Crippen LogP contribution < -0.4 is 13.7 Å². The van der Waals surface area contributed by atoms with Crippen LogP contribution >= 0.6 is 0 Å². The number of rotatable bonds is 3. The minimum atomic E-state index is -4.14. The summed E-state index contributed by atoms with van der Waals surface area (Å²) >= 11 is 0. The van der Waals surface area contributed by atoms with Crippen LogP contribution in [0.25, 0.3) is 0 Å². The Hall–Kier alpha value is -2.28. The lowest BCUT2D eigenvalue weighted by molar-refractivity contribution is 0.171. The zero-order valence-corrected chi connectivity index (χ0v) is 11.6. The molecule has 5 nitrogen and oxygen atoms in total. The van der Waals surface area contributed by atoms with Crippen molar-refractivity contribution in [1.29, 1.82) is 0 Å². The molecule has 110 valence electrons. The van der Waals surface area contributed by atoms with E-state index in [0.29, 0.717) is 24.7 Å². The van der Waals surface area contributed by atoms with Crippen LogP contribution in [-0.2, 0) is 10.1 Å². The van der Waals surface area contributed by atoms with Gasteiger partial charge in [-0.05, 0) is 24.3 Å². The molecule has 0 N–H and O–H groups in total. The van der Waals surface area contributed by atoms with Gasteiger partial charge in [-0.3, -0.25) is 0 Å². The van der Waals surface area contributed by atoms with Crippen LogP contribution in [0.15, 0.2) is 47.4 Å². The predicted octanol–water partition coefficient (Wildman–Crippen LogP) is 2.36. The molecule has 1 heterocycles. The van der Waals surface area contributed by atoms with Gasteiger partial charge >= 0.3 is 10.1 Å². The number of halogens is 1. The van der Waals surface area contributed by atoms with Crippen molar-refractivity contribution in [3.63, 3.8) is 0 Å². The fourth-order valence-corrected chi connectivity index (χ4v) is 2.81. The molecule has 0 aromatic heterocycles. The van der Waals surface area contributed by atoms with Crippen molar-refractivity contribution in [3.8, 4) is 17.2 Å². The van der Waals surface area contributed by atoms with Gasteiger partial charge in [0.2, 0.25) is 0 Å². The number of para-hydroxylation sites is 1. The van der Waals surface area contributed by atoms with Crippen molar-refractivity contribution in [3.05, 3.63) is 48.3 Å². The third kappa shape index (κ3) is 2.78. The SMILES string of the molecule is O=S(=O)(Oc1ccccc1F)c1ccc2c(c1)OCCO2. The highest BCUT2D eigenvalue weighted by molar-refractivity contribution is 7.87. The second-order valence-corrected chi connectivity index (χ2v) is 5.82. The lowest BCUT2D eigenvalue weighted by Crippen LogP contribution is -2.16. The molecule has 0 unspecified atom stereocenters. The van der Waals surface area contributed by atoms with Gasteiger partial charge in [0.1, 0.15) is 18.1 Å². The minimum Gasteiger partial charge on any atom is -0.486 e. The van der Waals surface area contributed by atoms with E-state index in [1.54, 1.807) is 0 Å². The van der Waals surface area contributed by atoms with E-state index in [9.17, 15) is 12.8 Å². The highest BCUT2D eigenvalue weighted by atomic mass is 32.2. The van der Waals surface area contributed by atoms with Gasteiger partial charge in [-0.25, -0.2) is 4.39 Å². The molecule has 1 aliphatic heterocycles. The Morgan fingerprint density at radius 2 is 1.71 bits per heavy atom. The summed E-state index contributed by atoms with van der Waals surface area (Å²) < 4.78 is 53.2. The molecule has 3 rings (SSSR count). The standard InChI is InChI=1S/C14H11FO5S/c15-11-3-1-2-4-12(11)20-21(16,17)10-5-6-13-14(9-10)19-8-7-18-13/h1-6,9H,7-8H2. The second kappa shape index (κ2) is 5.25. The Labute approximate surface area is 121 Å². The molecule has 0 aliphatic carbocycles. The summed E-state index contributed by atoms with van der Waals surface area (Å²) in [6.45, 7) is 0.746. The molecule has 0 atom stereocenters. The van der Waals surface area contributed by atoms with Gasteiger partial charge in [-0.1, -0.05) is 12.1 Å². The molecule has 0 saturated carbocycles. The number of ether oxygens (including phenoxy) is 2. The molecule has 0 bridgehead atoms. The van der Waals surface area contributed by atoms with Gasteiger partial charge < -0.3 is 13.7 Å². The number of hydrogen-bond acceptors (Lipinski definition) is 5. The molecule has 0 saturated heterocycles. The summed E-state index contributed by atoms with van der Waals surface area (Å²) in [7, 11) is -4.14. The van der Waals surface area contributed by atoms with Crippen LogP contribution in [0.2, 0.25) is 0 Å². The number of benzene rings is 2. The van der Waals surface area contributed by atoms with Crippen LogP contribution in [0.4, 0.5) is 4.39 Å². The Balaban J connectivity index is 1.93. The maximum atomic E-state index is 13.5. The largest absolute Gasteiger partial charge is 0.486 e. The molecular formula is C14H11FO5S. The van der Waals surface area contributed by atoms with Gasteiger partial charge in [-0.15, -0.1) is 0 Å². The van der Waals surface area contributed by atoms with Crippen molar-refractivity contribution in [2.45, 2.75) is 4.90 Å². The first-order valence-corrected chi connectivity index (χ1v) is 7.56. The van der Waals surface area contributed by atoms with Gasteiger partial charge in [0.15, 0.2) is 23.1 Å². The first-order valence-electron chi connectivity index (χ1n) is 6.15. The van der Waals surface area contributed by atoms with Gasteiger partial charge in [-0.2, -0.15) is 8.42 Å².